The van der Waals surface area contributed by atoms with Crippen LogP contribution in [0.4, 0.5) is 11.4 Å². The molecule has 2 aromatic rings. The molecule has 1 atom stereocenters. The number of hydrogen-bond donors (Lipinski definition) is 1. The largest absolute Gasteiger partial charge is 0.465 e. The first-order valence-corrected chi connectivity index (χ1v) is 8.87. The van der Waals surface area contributed by atoms with Gasteiger partial charge in [0.05, 0.1) is 18.1 Å². The average Bonchev–Trinajstić information content (AvgIpc) is 2.64. The molecule has 8 nitrogen and oxygen atoms in total. The Morgan fingerprint density at radius 3 is 2.54 bits per heavy atom. The summed E-state index contributed by atoms with van der Waals surface area (Å²) in [7, 11) is 1.62. The summed E-state index contributed by atoms with van der Waals surface area (Å²) in [5, 5.41) is 13.7. The smallest absolute Gasteiger partial charge is 0.320 e. The first kappa shape index (κ1) is 21.3. The van der Waals surface area contributed by atoms with E-state index in [-0.39, 0.29) is 29.5 Å². The van der Waals surface area contributed by atoms with Gasteiger partial charge in [0, 0.05) is 11.8 Å². The van der Waals surface area contributed by atoms with Crippen LogP contribution >= 0.6 is 11.6 Å². The molecule has 0 fully saturated rings. The number of likely N-dealkylation sites (N-methyl/N-ethyl adjacent to an activating group) is 1. The molecule has 0 radical (unpaired) electrons. The van der Waals surface area contributed by atoms with Crippen molar-refractivity contribution in [3.63, 3.8) is 0 Å². The first-order chi connectivity index (χ1) is 13.3. The molecule has 148 valence electrons. The highest BCUT2D eigenvalue weighted by atomic mass is 35.5. The highest BCUT2D eigenvalue weighted by Crippen LogP contribution is 2.28. The summed E-state index contributed by atoms with van der Waals surface area (Å²) >= 11 is 5.81. The van der Waals surface area contributed by atoms with Crippen LogP contribution in [0.5, 0.6) is 0 Å². The molecule has 0 aliphatic heterocycles. The van der Waals surface area contributed by atoms with E-state index in [1.54, 1.807) is 43.1 Å². The zero-order valence-corrected chi connectivity index (χ0v) is 16.2. The summed E-state index contributed by atoms with van der Waals surface area (Å²) in [4.78, 5) is 36.8. The summed E-state index contributed by atoms with van der Waals surface area (Å²) in [6, 6.07) is 12.1. The summed E-state index contributed by atoms with van der Waals surface area (Å²) in [6.45, 7) is 1.84. The number of ether oxygens (including phenoxy) is 1. The number of amides is 1. The van der Waals surface area contributed by atoms with Gasteiger partial charge in [-0.3, -0.25) is 24.6 Å². The molecule has 0 aromatic heterocycles. The zero-order valence-electron chi connectivity index (χ0n) is 15.4. The van der Waals surface area contributed by atoms with Gasteiger partial charge < -0.3 is 10.1 Å². The number of benzene rings is 2. The molecule has 0 saturated carbocycles. The molecule has 0 unspecified atom stereocenters. The first-order valence-electron chi connectivity index (χ1n) is 8.49. The molecule has 2 aromatic carbocycles. The molecule has 0 spiro atoms. The van der Waals surface area contributed by atoms with Gasteiger partial charge in [0.15, 0.2) is 0 Å². The lowest BCUT2D eigenvalue weighted by atomic mass is 10.0. The summed E-state index contributed by atoms with van der Waals surface area (Å²) in [5.41, 5.74) is 0.581. The van der Waals surface area contributed by atoms with Crippen LogP contribution < -0.4 is 5.32 Å². The van der Waals surface area contributed by atoms with Crippen molar-refractivity contribution < 1.29 is 19.2 Å². The second-order valence-corrected chi connectivity index (χ2v) is 6.35. The van der Waals surface area contributed by atoms with Crippen molar-refractivity contribution >= 4 is 34.9 Å². The van der Waals surface area contributed by atoms with E-state index in [0.29, 0.717) is 5.56 Å². The zero-order chi connectivity index (χ0) is 20.7. The number of halogens is 1. The number of hydrogen-bond acceptors (Lipinski definition) is 6. The fraction of sp³-hybridized carbons (Fsp3) is 0.263. The van der Waals surface area contributed by atoms with Crippen molar-refractivity contribution in [2.24, 2.45) is 0 Å². The van der Waals surface area contributed by atoms with E-state index in [0.717, 1.165) is 0 Å². The van der Waals surface area contributed by atoms with Gasteiger partial charge in [0.25, 0.3) is 5.69 Å². The van der Waals surface area contributed by atoms with Crippen LogP contribution in [0, 0.1) is 10.1 Å². The van der Waals surface area contributed by atoms with Crippen LogP contribution in [0.2, 0.25) is 5.02 Å². The van der Waals surface area contributed by atoms with E-state index >= 15 is 0 Å². The molecule has 0 aliphatic rings. The Balaban J connectivity index is 2.28. The van der Waals surface area contributed by atoms with Gasteiger partial charge in [-0.15, -0.1) is 0 Å². The number of nitrogens with zero attached hydrogens (tertiary/aromatic N) is 2. The lowest BCUT2D eigenvalue weighted by Crippen LogP contribution is -2.38. The van der Waals surface area contributed by atoms with Crippen LogP contribution in [-0.4, -0.2) is 41.9 Å². The van der Waals surface area contributed by atoms with Crippen molar-refractivity contribution in [3.05, 3.63) is 69.2 Å². The number of nitro groups is 1. The average molecular weight is 406 g/mol. The predicted octanol–water partition coefficient (Wildman–Crippen LogP) is 3.42. The Morgan fingerprint density at radius 2 is 1.93 bits per heavy atom. The maximum atomic E-state index is 13.0. The molecular weight excluding hydrogens is 386 g/mol. The highest BCUT2D eigenvalue weighted by molar-refractivity contribution is 6.32. The predicted molar refractivity (Wildman–Crippen MR) is 105 cm³/mol. The third kappa shape index (κ3) is 5.51. The van der Waals surface area contributed by atoms with E-state index < -0.39 is 22.8 Å². The molecule has 28 heavy (non-hydrogen) atoms. The van der Waals surface area contributed by atoms with Crippen LogP contribution in [0.15, 0.2) is 48.5 Å². The molecule has 0 aliphatic carbocycles. The van der Waals surface area contributed by atoms with Crippen LogP contribution in [0.1, 0.15) is 18.5 Å². The van der Waals surface area contributed by atoms with Crippen LogP contribution in [0.3, 0.4) is 0 Å². The van der Waals surface area contributed by atoms with E-state index in [1.165, 1.54) is 18.2 Å². The van der Waals surface area contributed by atoms with Gasteiger partial charge in [-0.1, -0.05) is 41.9 Å². The van der Waals surface area contributed by atoms with E-state index in [1.807, 2.05) is 6.07 Å². The minimum Gasteiger partial charge on any atom is -0.465 e. The lowest BCUT2D eigenvalue weighted by molar-refractivity contribution is -0.384. The second kappa shape index (κ2) is 9.82. The van der Waals surface area contributed by atoms with Gasteiger partial charge in [0.1, 0.15) is 11.1 Å². The molecule has 9 heteroatoms. The molecule has 2 rings (SSSR count). The van der Waals surface area contributed by atoms with E-state index in [9.17, 15) is 19.7 Å². The van der Waals surface area contributed by atoms with Crippen molar-refractivity contribution in [1.82, 2.24) is 4.90 Å². The number of rotatable bonds is 8. The molecular formula is C19H20ClN3O5. The van der Waals surface area contributed by atoms with Crippen molar-refractivity contribution in [2.45, 2.75) is 13.0 Å². The molecule has 0 bridgehead atoms. The van der Waals surface area contributed by atoms with Crippen molar-refractivity contribution in [2.75, 3.05) is 25.5 Å². The highest BCUT2D eigenvalue weighted by Gasteiger charge is 2.27. The lowest BCUT2D eigenvalue weighted by Gasteiger charge is -2.26. The second-order valence-electron chi connectivity index (χ2n) is 5.95. The fourth-order valence-corrected chi connectivity index (χ4v) is 2.87. The van der Waals surface area contributed by atoms with Crippen LogP contribution in [-0.2, 0) is 14.3 Å². The number of esters is 1. The summed E-state index contributed by atoms with van der Waals surface area (Å²) in [5.74, 6) is -0.907. The maximum Gasteiger partial charge on any atom is 0.320 e. The third-order valence-electron chi connectivity index (χ3n) is 3.90. The number of carbonyl (C=O) groups is 2. The Morgan fingerprint density at radius 1 is 1.25 bits per heavy atom. The topological polar surface area (TPSA) is 102 Å². The number of nitrogens with one attached hydrogen (secondary N) is 1. The van der Waals surface area contributed by atoms with Crippen molar-refractivity contribution in [1.29, 1.82) is 0 Å². The maximum absolute atomic E-state index is 13.0. The van der Waals surface area contributed by atoms with Gasteiger partial charge in [-0.25, -0.2) is 0 Å². The van der Waals surface area contributed by atoms with Crippen LogP contribution in [0.25, 0.3) is 0 Å². The number of carbonyl (C=O) groups excluding carboxylic acids is 2. The number of nitro benzene ring substituents is 1. The van der Waals surface area contributed by atoms with Gasteiger partial charge in [-0.2, -0.15) is 0 Å². The molecule has 1 amide bonds. The standard InChI is InChI=1S/C19H20ClN3O5/c1-3-28-17(24)12-22(2)18(13-7-5-4-6-8-13)19(25)21-14-9-10-15(20)16(11-14)23(26)27/h4-11,18H,3,12H2,1-2H3,(H,21,25)/t18-/m0/s1. The third-order valence-corrected chi connectivity index (χ3v) is 4.22. The monoisotopic (exact) mass is 405 g/mol. The quantitative estimate of drug-likeness (QED) is 0.410. The minimum absolute atomic E-state index is 0.0259. The fourth-order valence-electron chi connectivity index (χ4n) is 2.68. The number of anilines is 1. The van der Waals surface area contributed by atoms with E-state index in [2.05, 4.69) is 5.32 Å². The Bertz CT molecular complexity index is 860. The molecule has 0 saturated heterocycles. The summed E-state index contributed by atoms with van der Waals surface area (Å²) < 4.78 is 4.95. The van der Waals surface area contributed by atoms with Crippen molar-refractivity contribution in [3.8, 4) is 0 Å². The normalized spacial score (nSPS) is 11.7. The SMILES string of the molecule is CCOC(=O)CN(C)[C@H](C(=O)Nc1ccc(Cl)c([N+](=O)[O-])c1)c1ccccc1. The Kier molecular flexibility index (Phi) is 7.48. The Hall–Kier alpha value is -2.97. The Labute approximate surface area is 167 Å². The van der Waals surface area contributed by atoms with E-state index in [4.69, 9.17) is 16.3 Å². The molecule has 1 N–H and O–H groups in total. The summed E-state index contributed by atoms with van der Waals surface area (Å²) in [6.07, 6.45) is 0. The van der Waals surface area contributed by atoms with Gasteiger partial charge in [0.2, 0.25) is 5.91 Å². The van der Waals surface area contributed by atoms with Gasteiger partial charge >= 0.3 is 5.97 Å². The molecule has 0 heterocycles. The minimum atomic E-state index is -0.805. The van der Waals surface area contributed by atoms with Gasteiger partial charge in [-0.05, 0) is 31.7 Å².